The summed E-state index contributed by atoms with van der Waals surface area (Å²) in [4.78, 5) is 0. The SMILES string of the molecule is CNC(c1cc(C)c(Br)cc1C)c1c(F)cc(F)cc1F. The molecular weight excluding hydrogens is 343 g/mol. The Labute approximate surface area is 130 Å². The molecule has 21 heavy (non-hydrogen) atoms. The summed E-state index contributed by atoms with van der Waals surface area (Å²) in [5.41, 5.74) is 2.42. The number of rotatable bonds is 3. The second kappa shape index (κ2) is 6.20. The monoisotopic (exact) mass is 357 g/mol. The Hall–Kier alpha value is -1.33. The summed E-state index contributed by atoms with van der Waals surface area (Å²) in [7, 11) is 1.61. The zero-order valence-electron chi connectivity index (χ0n) is 11.9. The van der Waals surface area contributed by atoms with Gasteiger partial charge in [-0.05, 0) is 43.7 Å². The van der Waals surface area contributed by atoms with Crippen molar-refractivity contribution in [2.24, 2.45) is 0 Å². The van der Waals surface area contributed by atoms with E-state index in [2.05, 4.69) is 21.2 Å². The molecule has 112 valence electrons. The van der Waals surface area contributed by atoms with Crippen LogP contribution >= 0.6 is 15.9 Å². The van der Waals surface area contributed by atoms with Gasteiger partial charge in [-0.1, -0.05) is 22.0 Å². The van der Waals surface area contributed by atoms with E-state index in [9.17, 15) is 13.2 Å². The first-order valence-electron chi connectivity index (χ1n) is 6.43. The number of hydrogen-bond acceptors (Lipinski definition) is 1. The number of aryl methyl sites for hydroxylation is 2. The predicted molar refractivity (Wildman–Crippen MR) is 80.8 cm³/mol. The van der Waals surface area contributed by atoms with Crippen LogP contribution in [0.4, 0.5) is 13.2 Å². The van der Waals surface area contributed by atoms with Gasteiger partial charge in [-0.2, -0.15) is 0 Å². The van der Waals surface area contributed by atoms with E-state index in [1.165, 1.54) is 0 Å². The number of nitrogens with one attached hydrogen (secondary N) is 1. The zero-order valence-corrected chi connectivity index (χ0v) is 13.5. The summed E-state index contributed by atoms with van der Waals surface area (Å²) in [6.07, 6.45) is 0. The van der Waals surface area contributed by atoms with Crippen molar-refractivity contribution in [1.82, 2.24) is 5.32 Å². The molecule has 2 aromatic carbocycles. The van der Waals surface area contributed by atoms with Crippen LogP contribution in [-0.2, 0) is 0 Å². The van der Waals surface area contributed by atoms with Crippen molar-refractivity contribution in [2.75, 3.05) is 7.05 Å². The van der Waals surface area contributed by atoms with Crippen LogP contribution in [0.3, 0.4) is 0 Å². The highest BCUT2D eigenvalue weighted by Gasteiger charge is 2.23. The molecular formula is C16H15BrF3N. The zero-order chi connectivity index (χ0) is 15.7. The van der Waals surface area contributed by atoms with Crippen molar-refractivity contribution in [3.63, 3.8) is 0 Å². The molecule has 0 radical (unpaired) electrons. The van der Waals surface area contributed by atoms with Crippen LogP contribution in [0.5, 0.6) is 0 Å². The van der Waals surface area contributed by atoms with E-state index in [1.54, 1.807) is 7.05 Å². The third kappa shape index (κ3) is 3.14. The second-order valence-corrected chi connectivity index (χ2v) is 5.82. The molecule has 0 fully saturated rings. The minimum Gasteiger partial charge on any atom is -0.309 e. The minimum atomic E-state index is -0.924. The van der Waals surface area contributed by atoms with Gasteiger partial charge in [0, 0.05) is 22.2 Å². The van der Waals surface area contributed by atoms with Crippen molar-refractivity contribution in [2.45, 2.75) is 19.9 Å². The maximum Gasteiger partial charge on any atom is 0.134 e. The summed E-state index contributed by atoms with van der Waals surface area (Å²) in [6, 6.07) is 4.47. The largest absolute Gasteiger partial charge is 0.309 e. The van der Waals surface area contributed by atoms with Crippen molar-refractivity contribution >= 4 is 15.9 Å². The Bertz CT molecular complexity index is 662. The van der Waals surface area contributed by atoms with Crippen LogP contribution < -0.4 is 5.32 Å². The van der Waals surface area contributed by atoms with Crippen LogP contribution in [0.2, 0.25) is 0 Å². The molecule has 2 aromatic rings. The summed E-state index contributed by atoms with van der Waals surface area (Å²) < 4.78 is 42.0. The molecule has 2 rings (SSSR count). The van der Waals surface area contributed by atoms with Crippen LogP contribution in [0.1, 0.15) is 28.3 Å². The Morgan fingerprint density at radius 2 is 1.52 bits per heavy atom. The second-order valence-electron chi connectivity index (χ2n) is 4.96. The smallest absolute Gasteiger partial charge is 0.134 e. The molecule has 0 amide bonds. The van der Waals surface area contributed by atoms with Crippen LogP contribution in [0, 0.1) is 31.3 Å². The Morgan fingerprint density at radius 3 is 2.05 bits per heavy atom. The van der Waals surface area contributed by atoms with Gasteiger partial charge in [-0.15, -0.1) is 0 Å². The molecule has 0 heterocycles. The lowest BCUT2D eigenvalue weighted by Gasteiger charge is -2.21. The van der Waals surface area contributed by atoms with Gasteiger partial charge in [0.05, 0.1) is 6.04 Å². The maximum absolute atomic E-state index is 14.0. The molecule has 0 saturated heterocycles. The fourth-order valence-electron chi connectivity index (χ4n) is 2.40. The van der Waals surface area contributed by atoms with E-state index >= 15 is 0 Å². The third-order valence-corrected chi connectivity index (χ3v) is 4.33. The molecule has 1 unspecified atom stereocenters. The lowest BCUT2D eigenvalue weighted by atomic mass is 9.93. The van der Waals surface area contributed by atoms with Gasteiger partial charge in [-0.25, -0.2) is 13.2 Å². The number of benzene rings is 2. The molecule has 0 aromatic heterocycles. The van der Waals surface area contributed by atoms with Gasteiger partial charge in [0.2, 0.25) is 0 Å². The first-order chi connectivity index (χ1) is 9.85. The first-order valence-corrected chi connectivity index (χ1v) is 7.22. The molecule has 0 aliphatic carbocycles. The molecule has 0 aliphatic heterocycles. The lowest BCUT2D eigenvalue weighted by molar-refractivity contribution is 0.499. The van der Waals surface area contributed by atoms with Crippen molar-refractivity contribution in [3.05, 3.63) is 68.4 Å². The molecule has 0 spiro atoms. The molecule has 5 heteroatoms. The van der Waals surface area contributed by atoms with Gasteiger partial charge in [0.15, 0.2) is 0 Å². The maximum atomic E-state index is 14.0. The Morgan fingerprint density at radius 1 is 0.952 bits per heavy atom. The highest BCUT2D eigenvalue weighted by atomic mass is 79.9. The molecule has 1 nitrogen and oxygen atoms in total. The van der Waals surface area contributed by atoms with Crippen LogP contribution in [0.15, 0.2) is 28.7 Å². The Balaban J connectivity index is 2.63. The number of halogens is 4. The topological polar surface area (TPSA) is 12.0 Å². The standard InChI is InChI=1S/C16H15BrF3N/c1-8-5-12(17)9(2)4-11(8)16(21-3)15-13(19)6-10(18)7-14(15)20/h4-7,16,21H,1-3H3. The van der Waals surface area contributed by atoms with Crippen LogP contribution in [-0.4, -0.2) is 7.05 Å². The Kier molecular flexibility index (Phi) is 4.74. The van der Waals surface area contributed by atoms with Crippen LogP contribution in [0.25, 0.3) is 0 Å². The van der Waals surface area contributed by atoms with E-state index in [4.69, 9.17) is 0 Å². The van der Waals surface area contributed by atoms with E-state index in [-0.39, 0.29) is 5.56 Å². The molecule has 0 aliphatic rings. The third-order valence-electron chi connectivity index (χ3n) is 3.48. The summed E-state index contributed by atoms with van der Waals surface area (Å²) >= 11 is 3.43. The van der Waals surface area contributed by atoms with Gasteiger partial charge < -0.3 is 5.32 Å². The average molecular weight is 358 g/mol. The summed E-state index contributed by atoms with van der Waals surface area (Å²) in [5, 5.41) is 2.91. The van der Waals surface area contributed by atoms with Crippen molar-refractivity contribution in [1.29, 1.82) is 0 Å². The van der Waals surface area contributed by atoms with Gasteiger partial charge in [0.25, 0.3) is 0 Å². The molecule has 0 bridgehead atoms. The molecule has 1 N–H and O–H groups in total. The van der Waals surface area contributed by atoms with E-state index in [0.717, 1.165) is 21.2 Å². The summed E-state index contributed by atoms with van der Waals surface area (Å²) in [5.74, 6) is -2.72. The van der Waals surface area contributed by atoms with E-state index in [0.29, 0.717) is 12.1 Å². The predicted octanol–water partition coefficient (Wildman–Crippen LogP) is 4.79. The number of hydrogen-bond donors (Lipinski definition) is 1. The van der Waals surface area contributed by atoms with E-state index < -0.39 is 23.5 Å². The molecule has 1 atom stereocenters. The quantitative estimate of drug-likeness (QED) is 0.832. The lowest BCUT2D eigenvalue weighted by Crippen LogP contribution is -2.22. The molecule has 0 saturated carbocycles. The average Bonchev–Trinajstić information content (AvgIpc) is 2.38. The van der Waals surface area contributed by atoms with Crippen molar-refractivity contribution in [3.8, 4) is 0 Å². The van der Waals surface area contributed by atoms with Gasteiger partial charge >= 0.3 is 0 Å². The normalized spacial score (nSPS) is 12.5. The van der Waals surface area contributed by atoms with Crippen molar-refractivity contribution < 1.29 is 13.2 Å². The highest BCUT2D eigenvalue weighted by molar-refractivity contribution is 9.10. The summed E-state index contributed by atoms with van der Waals surface area (Å²) in [6.45, 7) is 3.76. The van der Waals surface area contributed by atoms with E-state index in [1.807, 2.05) is 26.0 Å². The first kappa shape index (κ1) is 16.0. The van der Waals surface area contributed by atoms with Gasteiger partial charge in [0.1, 0.15) is 17.5 Å². The van der Waals surface area contributed by atoms with Gasteiger partial charge in [-0.3, -0.25) is 0 Å². The minimum absolute atomic E-state index is 0.177. The highest BCUT2D eigenvalue weighted by Crippen LogP contribution is 2.32. The fraction of sp³-hybridized carbons (Fsp3) is 0.250. The fourth-order valence-corrected chi connectivity index (χ4v) is 2.86.